The number of carbonyl (C=O) groups is 2. The van der Waals surface area contributed by atoms with Crippen LogP contribution in [0.3, 0.4) is 0 Å². The van der Waals surface area contributed by atoms with Gasteiger partial charge in [-0.3, -0.25) is 14.7 Å². The number of urea groups is 1. The van der Waals surface area contributed by atoms with E-state index in [1.165, 1.54) is 4.90 Å². The van der Waals surface area contributed by atoms with Crippen LogP contribution in [0.25, 0.3) is 0 Å². The van der Waals surface area contributed by atoms with Gasteiger partial charge in [-0.25, -0.2) is 4.79 Å². The highest BCUT2D eigenvalue weighted by Crippen LogP contribution is 2.20. The van der Waals surface area contributed by atoms with Gasteiger partial charge in [-0.05, 0) is 26.2 Å². The van der Waals surface area contributed by atoms with Crippen molar-refractivity contribution in [3.63, 3.8) is 0 Å². The van der Waals surface area contributed by atoms with E-state index in [4.69, 9.17) is 5.73 Å². The molecule has 0 aromatic heterocycles. The van der Waals surface area contributed by atoms with Crippen molar-refractivity contribution in [3.05, 3.63) is 0 Å². The summed E-state index contributed by atoms with van der Waals surface area (Å²) in [6, 6.07) is -0.313. The molecule has 8 heteroatoms. The van der Waals surface area contributed by atoms with Crippen LogP contribution in [-0.2, 0) is 4.79 Å². The van der Waals surface area contributed by atoms with Crippen LogP contribution in [-0.4, -0.2) is 48.0 Å². The minimum atomic E-state index is -0.758. The molecule has 0 bridgehead atoms. The summed E-state index contributed by atoms with van der Waals surface area (Å²) in [5.74, 6) is 0.250. The van der Waals surface area contributed by atoms with Crippen LogP contribution < -0.4 is 16.4 Å². The highest BCUT2D eigenvalue weighted by atomic mass is 127. The van der Waals surface area contributed by atoms with Crippen LogP contribution in [0.4, 0.5) is 4.79 Å². The number of hydrogen-bond donors (Lipinski definition) is 3. The molecule has 1 fully saturated rings. The van der Waals surface area contributed by atoms with Crippen molar-refractivity contribution in [2.75, 3.05) is 19.6 Å². The second kappa shape index (κ2) is 9.06. The van der Waals surface area contributed by atoms with Gasteiger partial charge in [-0.15, -0.1) is 24.0 Å². The highest BCUT2D eigenvalue weighted by molar-refractivity contribution is 14.0. The number of amides is 3. The molecule has 1 aliphatic heterocycles. The Morgan fingerprint density at radius 2 is 2.10 bits per heavy atom. The SMILES string of the molecule is CCCN=C(N)NCCCN1C(=O)NC(C)(CC)C1=O.I. The summed E-state index contributed by atoms with van der Waals surface area (Å²) in [5, 5.41) is 5.69. The van der Waals surface area contributed by atoms with Gasteiger partial charge in [0, 0.05) is 19.6 Å². The molecular formula is C13H26IN5O2. The van der Waals surface area contributed by atoms with Gasteiger partial charge >= 0.3 is 6.03 Å². The van der Waals surface area contributed by atoms with Gasteiger partial charge in [-0.1, -0.05) is 13.8 Å². The summed E-state index contributed by atoms with van der Waals surface area (Å²) in [5.41, 5.74) is 4.89. The summed E-state index contributed by atoms with van der Waals surface area (Å²) in [6.45, 7) is 7.32. The average molecular weight is 411 g/mol. The second-order valence-corrected chi connectivity index (χ2v) is 5.12. The standard InChI is InChI=1S/C13H25N5O2.HI/c1-4-7-15-11(14)16-8-6-9-18-10(19)13(3,5-2)17-12(18)20;/h4-9H2,1-3H3,(H,17,20)(H3,14,15,16);1H. The molecule has 4 N–H and O–H groups in total. The van der Waals surface area contributed by atoms with Crippen molar-refractivity contribution in [2.24, 2.45) is 10.7 Å². The molecule has 1 saturated heterocycles. The molecule has 1 rings (SSSR count). The lowest BCUT2D eigenvalue weighted by molar-refractivity contribution is -0.130. The number of guanidine groups is 1. The maximum atomic E-state index is 12.1. The molecule has 0 saturated carbocycles. The fraction of sp³-hybridized carbons (Fsp3) is 0.769. The Morgan fingerprint density at radius 1 is 1.43 bits per heavy atom. The van der Waals surface area contributed by atoms with Crippen LogP contribution in [0.2, 0.25) is 0 Å². The van der Waals surface area contributed by atoms with E-state index in [1.54, 1.807) is 6.92 Å². The van der Waals surface area contributed by atoms with Gasteiger partial charge < -0.3 is 16.4 Å². The van der Waals surface area contributed by atoms with E-state index in [9.17, 15) is 9.59 Å². The summed E-state index contributed by atoms with van der Waals surface area (Å²) in [4.78, 5) is 29.2. The Bertz CT molecular complexity index is 402. The summed E-state index contributed by atoms with van der Waals surface area (Å²) in [6.07, 6.45) is 2.17. The smallest absolute Gasteiger partial charge is 0.325 e. The van der Waals surface area contributed by atoms with E-state index in [0.717, 1.165) is 6.42 Å². The monoisotopic (exact) mass is 411 g/mol. The first-order valence-electron chi connectivity index (χ1n) is 7.12. The number of aliphatic imine (C=N–C) groups is 1. The van der Waals surface area contributed by atoms with Crippen molar-refractivity contribution in [1.82, 2.24) is 15.5 Å². The number of imide groups is 1. The van der Waals surface area contributed by atoms with Crippen LogP contribution in [0.1, 0.15) is 40.0 Å². The molecule has 0 aromatic carbocycles. The van der Waals surface area contributed by atoms with Gasteiger partial charge in [0.1, 0.15) is 5.54 Å². The van der Waals surface area contributed by atoms with Crippen molar-refractivity contribution in [2.45, 2.75) is 45.6 Å². The number of nitrogens with two attached hydrogens (primary N) is 1. The van der Waals surface area contributed by atoms with Gasteiger partial charge in [0.05, 0.1) is 0 Å². The predicted molar refractivity (Wildman–Crippen MR) is 93.8 cm³/mol. The van der Waals surface area contributed by atoms with Gasteiger partial charge in [0.25, 0.3) is 5.91 Å². The third-order valence-electron chi connectivity index (χ3n) is 3.42. The molecule has 0 aromatic rings. The van der Waals surface area contributed by atoms with Crippen LogP contribution >= 0.6 is 24.0 Å². The normalized spacial score (nSPS) is 22.0. The predicted octanol–water partition coefficient (Wildman–Crippen LogP) is 1.03. The Morgan fingerprint density at radius 3 is 2.62 bits per heavy atom. The third kappa shape index (κ3) is 5.33. The largest absolute Gasteiger partial charge is 0.370 e. The quantitative estimate of drug-likeness (QED) is 0.192. The molecule has 1 heterocycles. The first-order chi connectivity index (χ1) is 9.44. The van der Waals surface area contributed by atoms with Crippen molar-refractivity contribution < 1.29 is 9.59 Å². The van der Waals surface area contributed by atoms with Crippen molar-refractivity contribution in [1.29, 1.82) is 0 Å². The molecule has 1 atom stereocenters. The Hall–Kier alpha value is -1.06. The van der Waals surface area contributed by atoms with Crippen molar-refractivity contribution in [3.8, 4) is 0 Å². The molecule has 3 amide bonds. The first kappa shape index (κ1) is 19.9. The zero-order valence-corrected chi connectivity index (χ0v) is 15.3. The summed E-state index contributed by atoms with van der Waals surface area (Å²) >= 11 is 0. The molecule has 0 spiro atoms. The molecular weight excluding hydrogens is 385 g/mol. The maximum Gasteiger partial charge on any atom is 0.325 e. The fourth-order valence-corrected chi connectivity index (χ4v) is 1.93. The van der Waals surface area contributed by atoms with Crippen LogP contribution in [0, 0.1) is 0 Å². The van der Waals surface area contributed by atoms with Crippen molar-refractivity contribution >= 4 is 41.9 Å². The molecule has 122 valence electrons. The molecule has 0 radical (unpaired) electrons. The van der Waals surface area contributed by atoms with Gasteiger partial charge in [0.2, 0.25) is 0 Å². The summed E-state index contributed by atoms with van der Waals surface area (Å²) in [7, 11) is 0. The highest BCUT2D eigenvalue weighted by Gasteiger charge is 2.45. The van der Waals surface area contributed by atoms with E-state index < -0.39 is 5.54 Å². The number of halogens is 1. The maximum absolute atomic E-state index is 12.1. The van der Waals surface area contributed by atoms with Gasteiger partial charge in [0.15, 0.2) is 5.96 Å². The topological polar surface area (TPSA) is 99.8 Å². The Balaban J connectivity index is 0.00000400. The van der Waals surface area contributed by atoms with E-state index in [-0.39, 0.29) is 35.9 Å². The van der Waals surface area contributed by atoms with E-state index in [1.807, 2.05) is 13.8 Å². The van der Waals surface area contributed by atoms with E-state index in [2.05, 4.69) is 15.6 Å². The number of hydrogen-bond acceptors (Lipinski definition) is 3. The molecule has 0 aliphatic carbocycles. The third-order valence-corrected chi connectivity index (χ3v) is 3.42. The number of rotatable bonds is 7. The molecule has 21 heavy (non-hydrogen) atoms. The zero-order valence-electron chi connectivity index (χ0n) is 12.9. The second-order valence-electron chi connectivity index (χ2n) is 5.12. The average Bonchev–Trinajstić information content (AvgIpc) is 2.64. The number of nitrogens with zero attached hydrogens (tertiary/aromatic N) is 2. The lowest BCUT2D eigenvalue weighted by Gasteiger charge is -2.19. The molecule has 1 unspecified atom stereocenters. The fourth-order valence-electron chi connectivity index (χ4n) is 1.93. The number of carbonyl (C=O) groups excluding carboxylic acids is 2. The lowest BCUT2D eigenvalue weighted by atomic mass is 9.99. The van der Waals surface area contributed by atoms with Crippen LogP contribution in [0.15, 0.2) is 4.99 Å². The lowest BCUT2D eigenvalue weighted by Crippen LogP contribution is -2.43. The Labute approximate surface area is 143 Å². The minimum Gasteiger partial charge on any atom is -0.370 e. The number of nitrogens with one attached hydrogen (secondary N) is 2. The summed E-state index contributed by atoms with van der Waals surface area (Å²) < 4.78 is 0. The minimum absolute atomic E-state index is 0. The Kier molecular flexibility index (Phi) is 8.60. The molecule has 7 nitrogen and oxygen atoms in total. The zero-order chi connectivity index (χ0) is 15.2. The van der Waals surface area contributed by atoms with E-state index >= 15 is 0 Å². The first-order valence-corrected chi connectivity index (χ1v) is 7.12. The van der Waals surface area contributed by atoms with Crippen LogP contribution in [0.5, 0.6) is 0 Å². The molecule has 1 aliphatic rings. The van der Waals surface area contributed by atoms with Gasteiger partial charge in [-0.2, -0.15) is 0 Å². The van der Waals surface area contributed by atoms with E-state index in [0.29, 0.717) is 38.4 Å².